The first-order valence-corrected chi connectivity index (χ1v) is 5.27. The van der Waals surface area contributed by atoms with Gasteiger partial charge in [-0.05, 0) is 26.2 Å². The highest BCUT2D eigenvalue weighted by Crippen LogP contribution is 2.26. The minimum Gasteiger partial charge on any atom is -0.444 e. The maximum absolute atomic E-state index is 12.7. The molecule has 0 atom stereocenters. The fourth-order valence-electron chi connectivity index (χ4n) is 0.939. The van der Waals surface area contributed by atoms with Crippen LogP contribution in [-0.2, 0) is 0 Å². The predicted octanol–water partition coefficient (Wildman–Crippen LogP) is 4.40. The molecule has 0 unspecified atom stereocenters. The van der Waals surface area contributed by atoms with Crippen LogP contribution < -0.4 is 0 Å². The molecule has 0 aromatic carbocycles. The molecule has 0 amide bonds. The fraction of sp³-hybridized carbons (Fsp3) is 0.667. The highest BCUT2D eigenvalue weighted by Gasteiger charge is 2.29. The van der Waals surface area contributed by atoms with Gasteiger partial charge in [0, 0.05) is 5.41 Å². The molecule has 0 heterocycles. The van der Waals surface area contributed by atoms with E-state index in [4.69, 9.17) is 0 Å². The maximum atomic E-state index is 12.7. The van der Waals surface area contributed by atoms with Gasteiger partial charge in [0.1, 0.15) is 0 Å². The average Bonchev–Trinajstić information content (AvgIpc) is 1.91. The van der Waals surface area contributed by atoms with E-state index in [2.05, 4.69) is 11.8 Å². The summed E-state index contributed by atoms with van der Waals surface area (Å²) in [5.41, 5.74) is -1.63. The van der Waals surface area contributed by atoms with Gasteiger partial charge in [0.15, 0.2) is 0 Å². The molecule has 0 aromatic rings. The Balaban J connectivity index is 5.30. The van der Waals surface area contributed by atoms with Crippen molar-refractivity contribution >= 4 is 6.98 Å². The lowest BCUT2D eigenvalue weighted by atomic mass is 9.75. The number of allylic oxidation sites excluding steroid dienone is 2. The standard InChI is InChI=1S/C12H19BF3/c1-11(2,3)8-7-10(13(14,15)16)9-12(4,5)6/h9H,1-6H3/q-1/b10-9+. The van der Waals surface area contributed by atoms with E-state index < -0.39 is 23.3 Å². The van der Waals surface area contributed by atoms with Crippen LogP contribution in [0.1, 0.15) is 41.5 Å². The lowest BCUT2D eigenvalue weighted by Crippen LogP contribution is -2.21. The Morgan fingerprint density at radius 3 is 1.69 bits per heavy atom. The minimum atomic E-state index is -5.02. The summed E-state index contributed by atoms with van der Waals surface area (Å²) in [4.78, 5) is 0. The van der Waals surface area contributed by atoms with Crippen LogP contribution in [0.2, 0.25) is 0 Å². The third-order valence-corrected chi connectivity index (χ3v) is 1.52. The Hall–Kier alpha value is -0.845. The monoisotopic (exact) mass is 231 g/mol. The molecule has 0 saturated carbocycles. The van der Waals surface area contributed by atoms with Gasteiger partial charge in [0.25, 0.3) is 0 Å². The Morgan fingerprint density at radius 1 is 1.00 bits per heavy atom. The van der Waals surface area contributed by atoms with Gasteiger partial charge >= 0.3 is 6.98 Å². The SMILES string of the molecule is CC(C)(C)C#C/C(=C\C(C)(C)C)[B-](F)(F)F. The topological polar surface area (TPSA) is 0 Å². The maximum Gasteiger partial charge on any atom is 0.517 e. The van der Waals surface area contributed by atoms with Crippen molar-refractivity contribution in [2.24, 2.45) is 10.8 Å². The van der Waals surface area contributed by atoms with Crippen molar-refractivity contribution in [2.45, 2.75) is 41.5 Å². The summed E-state index contributed by atoms with van der Waals surface area (Å²) in [6, 6.07) is 0. The van der Waals surface area contributed by atoms with Crippen LogP contribution in [-0.4, -0.2) is 6.98 Å². The van der Waals surface area contributed by atoms with Gasteiger partial charge in [0.05, 0.1) is 0 Å². The van der Waals surface area contributed by atoms with Crippen molar-refractivity contribution in [3.05, 3.63) is 11.5 Å². The summed E-state index contributed by atoms with van der Waals surface area (Å²) in [5.74, 6) is 4.90. The minimum absolute atomic E-state index is 0.418. The van der Waals surface area contributed by atoms with E-state index in [1.54, 1.807) is 41.5 Å². The van der Waals surface area contributed by atoms with Crippen molar-refractivity contribution in [3.63, 3.8) is 0 Å². The zero-order valence-electron chi connectivity index (χ0n) is 10.8. The van der Waals surface area contributed by atoms with Gasteiger partial charge in [-0.15, -0.1) is 5.92 Å². The van der Waals surface area contributed by atoms with Crippen LogP contribution in [0, 0.1) is 22.7 Å². The van der Waals surface area contributed by atoms with Gasteiger partial charge in [-0.2, -0.15) is 0 Å². The summed E-state index contributed by atoms with van der Waals surface area (Å²) in [5, 5.41) is 0. The van der Waals surface area contributed by atoms with E-state index in [-0.39, 0.29) is 0 Å². The van der Waals surface area contributed by atoms with E-state index in [1.165, 1.54) is 6.08 Å². The first kappa shape index (κ1) is 15.2. The second-order valence-electron chi connectivity index (χ2n) is 6.04. The molecule has 16 heavy (non-hydrogen) atoms. The molecule has 0 aliphatic carbocycles. The molecule has 0 aliphatic rings. The molecule has 0 spiro atoms. The Labute approximate surface area is 96.4 Å². The van der Waals surface area contributed by atoms with Crippen LogP contribution >= 0.6 is 0 Å². The smallest absolute Gasteiger partial charge is 0.444 e. The van der Waals surface area contributed by atoms with Crippen molar-refractivity contribution in [2.75, 3.05) is 0 Å². The Bertz CT molecular complexity index is 326. The molecular formula is C12H19BF3-. The quantitative estimate of drug-likeness (QED) is 0.463. The van der Waals surface area contributed by atoms with Gasteiger partial charge in [-0.1, -0.05) is 38.2 Å². The summed E-state index contributed by atoms with van der Waals surface area (Å²) in [7, 11) is 0. The first-order chi connectivity index (χ1) is 6.81. The Morgan fingerprint density at radius 2 is 1.44 bits per heavy atom. The summed E-state index contributed by atoms with van der Waals surface area (Å²) < 4.78 is 38.2. The van der Waals surface area contributed by atoms with Crippen LogP contribution in [0.25, 0.3) is 0 Å². The molecule has 0 nitrogen and oxygen atoms in total. The number of rotatable bonds is 1. The van der Waals surface area contributed by atoms with E-state index >= 15 is 0 Å². The van der Waals surface area contributed by atoms with Crippen molar-refractivity contribution in [3.8, 4) is 11.8 Å². The van der Waals surface area contributed by atoms with E-state index in [9.17, 15) is 12.9 Å². The first-order valence-electron chi connectivity index (χ1n) is 5.27. The normalized spacial score (nSPS) is 14.4. The second kappa shape index (κ2) is 4.57. The van der Waals surface area contributed by atoms with E-state index in [0.29, 0.717) is 0 Å². The van der Waals surface area contributed by atoms with Gasteiger partial charge in [-0.25, -0.2) is 0 Å². The third-order valence-electron chi connectivity index (χ3n) is 1.52. The van der Waals surface area contributed by atoms with Crippen LogP contribution in [0.5, 0.6) is 0 Å². The molecule has 0 bridgehead atoms. The molecule has 0 aromatic heterocycles. The highest BCUT2D eigenvalue weighted by atomic mass is 19.4. The molecule has 0 aliphatic heterocycles. The zero-order valence-corrected chi connectivity index (χ0v) is 10.8. The molecular weight excluding hydrogens is 212 g/mol. The molecule has 0 rings (SSSR count). The third kappa shape index (κ3) is 7.45. The largest absolute Gasteiger partial charge is 0.517 e. The fourth-order valence-corrected chi connectivity index (χ4v) is 0.939. The van der Waals surface area contributed by atoms with Crippen molar-refractivity contribution in [1.29, 1.82) is 0 Å². The van der Waals surface area contributed by atoms with E-state index in [1.807, 2.05) is 0 Å². The molecule has 0 fully saturated rings. The summed E-state index contributed by atoms with van der Waals surface area (Å²) >= 11 is 0. The van der Waals surface area contributed by atoms with Crippen molar-refractivity contribution < 1.29 is 12.9 Å². The molecule has 92 valence electrons. The second-order valence-corrected chi connectivity index (χ2v) is 6.04. The lowest BCUT2D eigenvalue weighted by Gasteiger charge is -2.21. The van der Waals surface area contributed by atoms with E-state index in [0.717, 1.165) is 0 Å². The van der Waals surface area contributed by atoms with Gasteiger partial charge in [-0.3, -0.25) is 0 Å². The average molecular weight is 231 g/mol. The van der Waals surface area contributed by atoms with Crippen LogP contribution in [0.3, 0.4) is 0 Å². The molecule has 0 saturated heterocycles. The number of hydrogen-bond donors (Lipinski definition) is 0. The Kier molecular flexibility index (Phi) is 4.33. The van der Waals surface area contributed by atoms with Crippen LogP contribution in [0.15, 0.2) is 11.5 Å². The van der Waals surface area contributed by atoms with Crippen molar-refractivity contribution in [1.82, 2.24) is 0 Å². The van der Waals surface area contributed by atoms with Gasteiger partial charge < -0.3 is 12.9 Å². The molecule has 0 N–H and O–H groups in total. The zero-order chi connectivity index (χ0) is 13.2. The lowest BCUT2D eigenvalue weighted by molar-refractivity contribution is 0.485. The van der Waals surface area contributed by atoms with Crippen LogP contribution in [0.4, 0.5) is 12.9 Å². The number of halogens is 3. The number of hydrogen-bond acceptors (Lipinski definition) is 0. The van der Waals surface area contributed by atoms with Gasteiger partial charge in [0.2, 0.25) is 0 Å². The molecule has 4 heteroatoms. The summed E-state index contributed by atoms with van der Waals surface area (Å²) in [6.45, 7) is 5.54. The highest BCUT2D eigenvalue weighted by molar-refractivity contribution is 6.68. The molecule has 0 radical (unpaired) electrons. The summed E-state index contributed by atoms with van der Waals surface area (Å²) in [6.07, 6.45) is 1.20. The predicted molar refractivity (Wildman–Crippen MR) is 63.8 cm³/mol.